The van der Waals surface area contributed by atoms with E-state index in [1.54, 1.807) is 13.2 Å². The number of oxazole rings is 1. The lowest BCUT2D eigenvalue weighted by Crippen LogP contribution is -2.12. The molecule has 7 nitrogen and oxygen atoms in total. The van der Waals surface area contributed by atoms with Crippen molar-refractivity contribution in [1.29, 1.82) is 0 Å². The van der Waals surface area contributed by atoms with E-state index in [4.69, 9.17) is 9.52 Å². The molecule has 126 valence electrons. The van der Waals surface area contributed by atoms with E-state index in [-0.39, 0.29) is 23.4 Å². The summed E-state index contributed by atoms with van der Waals surface area (Å²) in [7, 11) is -2.10. The first kappa shape index (κ1) is 16.2. The van der Waals surface area contributed by atoms with Crippen LogP contribution in [0.5, 0.6) is 0 Å². The standard InChI is InChI=1S/C15H21N3O4S/c1-18-12(9-19)7-17-15(18)23(20,21)10-14-16-8-13(22-14)11-5-3-2-4-6-11/h7-8,11,19H,2-6,9-10H2,1H3. The maximum Gasteiger partial charge on any atom is 0.228 e. The van der Waals surface area contributed by atoms with Crippen molar-refractivity contribution in [2.75, 3.05) is 0 Å². The van der Waals surface area contributed by atoms with Crippen molar-refractivity contribution in [3.05, 3.63) is 29.7 Å². The van der Waals surface area contributed by atoms with E-state index < -0.39 is 9.84 Å². The Morgan fingerprint density at radius 2 is 2.00 bits per heavy atom. The number of imidazole rings is 1. The zero-order valence-corrected chi connectivity index (χ0v) is 13.9. The number of hydrogen-bond donors (Lipinski definition) is 1. The zero-order chi connectivity index (χ0) is 16.4. The molecule has 1 fully saturated rings. The van der Waals surface area contributed by atoms with E-state index in [1.807, 2.05) is 0 Å². The minimum absolute atomic E-state index is 0.0843. The highest BCUT2D eigenvalue weighted by atomic mass is 32.2. The summed E-state index contributed by atoms with van der Waals surface area (Å²) in [5.41, 5.74) is 0.443. The molecule has 23 heavy (non-hydrogen) atoms. The minimum Gasteiger partial charge on any atom is -0.444 e. The van der Waals surface area contributed by atoms with Crippen LogP contribution in [-0.4, -0.2) is 28.1 Å². The summed E-state index contributed by atoms with van der Waals surface area (Å²) in [6, 6.07) is 0. The van der Waals surface area contributed by atoms with E-state index >= 15 is 0 Å². The third-order valence-corrected chi connectivity index (χ3v) is 5.94. The molecular formula is C15H21N3O4S. The van der Waals surface area contributed by atoms with E-state index in [0.29, 0.717) is 11.6 Å². The van der Waals surface area contributed by atoms with Crippen molar-refractivity contribution in [2.24, 2.45) is 7.05 Å². The van der Waals surface area contributed by atoms with Crippen LogP contribution >= 0.6 is 0 Å². The molecule has 0 spiro atoms. The van der Waals surface area contributed by atoms with Gasteiger partial charge in [0.15, 0.2) is 0 Å². The fraction of sp³-hybridized carbons (Fsp3) is 0.600. The van der Waals surface area contributed by atoms with Crippen molar-refractivity contribution in [3.63, 3.8) is 0 Å². The van der Waals surface area contributed by atoms with Crippen molar-refractivity contribution < 1.29 is 17.9 Å². The first-order valence-electron chi connectivity index (χ1n) is 7.80. The van der Waals surface area contributed by atoms with Gasteiger partial charge in [0.25, 0.3) is 0 Å². The monoisotopic (exact) mass is 339 g/mol. The van der Waals surface area contributed by atoms with E-state index in [2.05, 4.69) is 9.97 Å². The topological polar surface area (TPSA) is 98.2 Å². The first-order chi connectivity index (χ1) is 11.0. The number of rotatable bonds is 5. The second-order valence-corrected chi connectivity index (χ2v) is 7.88. The molecule has 0 unspecified atom stereocenters. The molecule has 1 N–H and O–H groups in total. The van der Waals surface area contributed by atoms with Crippen LogP contribution in [0.1, 0.15) is 55.4 Å². The SMILES string of the molecule is Cn1c(CO)cnc1S(=O)(=O)Cc1ncc(C2CCCCC2)o1. The quantitative estimate of drug-likeness (QED) is 0.893. The minimum atomic E-state index is -3.67. The van der Waals surface area contributed by atoms with Crippen LogP contribution in [0.3, 0.4) is 0 Å². The fourth-order valence-corrected chi connectivity index (χ4v) is 4.39. The van der Waals surface area contributed by atoms with Crippen LogP contribution in [0.2, 0.25) is 0 Å². The summed E-state index contributed by atoms with van der Waals surface area (Å²) < 4.78 is 32.0. The molecule has 3 rings (SSSR count). The Bertz CT molecular complexity index is 772. The Morgan fingerprint density at radius 3 is 2.65 bits per heavy atom. The Kier molecular flexibility index (Phi) is 4.54. The van der Waals surface area contributed by atoms with Crippen LogP contribution in [0, 0.1) is 0 Å². The molecular weight excluding hydrogens is 318 g/mol. The normalized spacial score (nSPS) is 16.8. The summed E-state index contributed by atoms with van der Waals surface area (Å²) in [6.07, 6.45) is 8.75. The largest absolute Gasteiger partial charge is 0.444 e. The van der Waals surface area contributed by atoms with E-state index in [0.717, 1.165) is 18.6 Å². The van der Waals surface area contributed by atoms with E-state index in [1.165, 1.54) is 30.0 Å². The summed E-state index contributed by atoms with van der Waals surface area (Å²) in [4.78, 5) is 8.02. The van der Waals surface area contributed by atoms with Gasteiger partial charge in [-0.05, 0) is 12.8 Å². The van der Waals surface area contributed by atoms with Crippen LogP contribution in [0.15, 0.2) is 22.0 Å². The number of hydrogen-bond acceptors (Lipinski definition) is 6. The number of sulfone groups is 1. The molecule has 2 heterocycles. The Labute approximate surface area is 135 Å². The molecule has 0 aliphatic heterocycles. The van der Waals surface area contributed by atoms with Gasteiger partial charge in [-0.1, -0.05) is 19.3 Å². The van der Waals surface area contributed by atoms with Crippen LogP contribution in [-0.2, 0) is 29.2 Å². The molecule has 1 saturated carbocycles. The summed E-state index contributed by atoms with van der Waals surface area (Å²) in [6.45, 7) is -0.260. The average Bonchev–Trinajstić information content (AvgIpc) is 3.14. The molecule has 0 aromatic carbocycles. The maximum absolute atomic E-state index is 12.5. The van der Waals surface area contributed by atoms with Gasteiger partial charge in [0, 0.05) is 13.0 Å². The lowest BCUT2D eigenvalue weighted by molar-refractivity contribution is 0.271. The van der Waals surface area contributed by atoms with Gasteiger partial charge in [-0.25, -0.2) is 18.4 Å². The lowest BCUT2D eigenvalue weighted by Gasteiger charge is -2.18. The summed E-state index contributed by atoms with van der Waals surface area (Å²) in [5.74, 6) is 1.00. The highest BCUT2D eigenvalue weighted by Crippen LogP contribution is 2.33. The molecule has 1 aliphatic carbocycles. The molecule has 0 bridgehead atoms. The van der Waals surface area contributed by atoms with Crippen molar-refractivity contribution >= 4 is 9.84 Å². The molecule has 1 aliphatic rings. The van der Waals surface area contributed by atoms with Gasteiger partial charge in [-0.2, -0.15) is 0 Å². The fourth-order valence-electron chi connectivity index (χ4n) is 3.06. The second kappa shape index (κ2) is 6.45. The number of aliphatic hydroxyl groups is 1. The molecule has 2 aromatic heterocycles. The zero-order valence-electron chi connectivity index (χ0n) is 13.1. The predicted octanol–water partition coefficient (Wildman–Crippen LogP) is 1.92. The smallest absolute Gasteiger partial charge is 0.228 e. The molecule has 2 aromatic rings. The summed E-state index contributed by atoms with van der Waals surface area (Å²) in [5, 5.41) is 9.06. The number of aromatic nitrogens is 3. The molecule has 0 saturated heterocycles. The number of aliphatic hydroxyl groups excluding tert-OH is 1. The van der Waals surface area contributed by atoms with Gasteiger partial charge in [-0.3, -0.25) is 0 Å². The third-order valence-electron chi connectivity index (χ3n) is 4.37. The third kappa shape index (κ3) is 3.32. The van der Waals surface area contributed by atoms with Crippen molar-refractivity contribution in [2.45, 2.75) is 55.5 Å². The van der Waals surface area contributed by atoms with Crippen molar-refractivity contribution in [3.8, 4) is 0 Å². The molecule has 0 radical (unpaired) electrons. The van der Waals surface area contributed by atoms with Crippen molar-refractivity contribution in [1.82, 2.24) is 14.5 Å². The molecule has 8 heteroatoms. The number of nitrogens with zero attached hydrogens (tertiary/aromatic N) is 3. The van der Waals surface area contributed by atoms with Gasteiger partial charge in [0.05, 0.1) is 24.7 Å². The molecule has 0 atom stereocenters. The second-order valence-electron chi connectivity index (χ2n) is 6.00. The summed E-state index contributed by atoms with van der Waals surface area (Å²) >= 11 is 0. The van der Waals surface area contributed by atoms with Gasteiger partial charge < -0.3 is 14.1 Å². The lowest BCUT2D eigenvalue weighted by atomic mass is 9.88. The highest BCUT2D eigenvalue weighted by Gasteiger charge is 2.26. The Balaban J connectivity index is 1.78. The first-order valence-corrected chi connectivity index (χ1v) is 9.45. The van der Waals surface area contributed by atoms with Crippen LogP contribution < -0.4 is 0 Å². The highest BCUT2D eigenvalue weighted by molar-refractivity contribution is 7.90. The maximum atomic E-state index is 12.5. The van der Waals surface area contributed by atoms with Gasteiger partial charge in [0.2, 0.25) is 20.9 Å². The Hall–Kier alpha value is -1.67. The van der Waals surface area contributed by atoms with Gasteiger partial charge in [0.1, 0.15) is 11.5 Å². The van der Waals surface area contributed by atoms with Crippen LogP contribution in [0.25, 0.3) is 0 Å². The molecule has 0 amide bonds. The predicted molar refractivity (Wildman–Crippen MR) is 82.3 cm³/mol. The Morgan fingerprint density at radius 1 is 1.26 bits per heavy atom. The van der Waals surface area contributed by atoms with Crippen LogP contribution in [0.4, 0.5) is 0 Å². The van der Waals surface area contributed by atoms with E-state index in [9.17, 15) is 8.42 Å². The van der Waals surface area contributed by atoms with Gasteiger partial charge >= 0.3 is 0 Å². The van der Waals surface area contributed by atoms with Gasteiger partial charge in [-0.15, -0.1) is 0 Å². The average molecular weight is 339 g/mol.